The van der Waals surface area contributed by atoms with Gasteiger partial charge in [-0.25, -0.2) is 4.79 Å². The summed E-state index contributed by atoms with van der Waals surface area (Å²) in [6.07, 6.45) is 1.84. The van der Waals surface area contributed by atoms with Crippen LogP contribution in [-0.2, 0) is 25.6 Å². The van der Waals surface area contributed by atoms with E-state index in [1.54, 1.807) is 6.20 Å². The molecule has 2 unspecified atom stereocenters. The Hall–Kier alpha value is -3.05. The Labute approximate surface area is 172 Å². The first-order valence-corrected chi connectivity index (χ1v) is 9.44. The normalized spacial score (nSPS) is 12.8. The Kier molecular flexibility index (Phi) is 8.04. The monoisotopic (exact) mass is 421 g/mol. The summed E-state index contributed by atoms with van der Waals surface area (Å²) < 4.78 is 0. The van der Waals surface area contributed by atoms with Crippen LogP contribution < -0.4 is 21.7 Å². The standard InChI is InChI=1S/C18H23N5O5S/c19-6-15(24)21-8-16(25)22-13(17(26)23-14(9-29)18(27)28)5-10-7-20-12-4-2-1-3-11(10)12/h1-4,7,13-14,20,29H,5-6,8-9,19H2,(H,21,24)(H,22,25)(H,23,26)(H,27,28). The number of carboxylic acids is 1. The van der Waals surface area contributed by atoms with Gasteiger partial charge in [-0.3, -0.25) is 14.4 Å². The maximum Gasteiger partial charge on any atom is 0.327 e. The summed E-state index contributed by atoms with van der Waals surface area (Å²) in [5.41, 5.74) is 6.81. The minimum Gasteiger partial charge on any atom is -0.480 e. The number of aliphatic carboxylic acids is 1. The first-order chi connectivity index (χ1) is 13.8. The van der Waals surface area contributed by atoms with Crippen molar-refractivity contribution in [3.8, 4) is 0 Å². The fourth-order valence-corrected chi connectivity index (χ4v) is 2.93. The molecule has 1 heterocycles. The van der Waals surface area contributed by atoms with Crippen LogP contribution in [0.5, 0.6) is 0 Å². The van der Waals surface area contributed by atoms with Gasteiger partial charge < -0.3 is 31.8 Å². The summed E-state index contributed by atoms with van der Waals surface area (Å²) in [5, 5.41) is 17.2. The van der Waals surface area contributed by atoms with Crippen LogP contribution >= 0.6 is 12.6 Å². The summed E-state index contributed by atoms with van der Waals surface area (Å²) >= 11 is 3.92. The molecule has 0 saturated heterocycles. The minimum atomic E-state index is -1.24. The molecule has 156 valence electrons. The van der Waals surface area contributed by atoms with Gasteiger partial charge >= 0.3 is 5.97 Å². The van der Waals surface area contributed by atoms with Crippen molar-refractivity contribution in [1.29, 1.82) is 0 Å². The summed E-state index contributed by atoms with van der Waals surface area (Å²) in [5.74, 6) is -3.14. The van der Waals surface area contributed by atoms with Crippen molar-refractivity contribution >= 4 is 47.2 Å². The van der Waals surface area contributed by atoms with Gasteiger partial charge in [-0.1, -0.05) is 18.2 Å². The molecular weight excluding hydrogens is 398 g/mol. The number of carbonyl (C=O) groups is 4. The van der Waals surface area contributed by atoms with Gasteiger partial charge in [0, 0.05) is 29.3 Å². The maximum atomic E-state index is 12.7. The second kappa shape index (κ2) is 10.5. The van der Waals surface area contributed by atoms with Crippen molar-refractivity contribution in [1.82, 2.24) is 20.9 Å². The average Bonchev–Trinajstić information content (AvgIpc) is 3.12. The van der Waals surface area contributed by atoms with Crippen molar-refractivity contribution in [2.24, 2.45) is 5.73 Å². The highest BCUT2D eigenvalue weighted by atomic mass is 32.1. The van der Waals surface area contributed by atoms with Crippen LogP contribution in [0.4, 0.5) is 0 Å². The van der Waals surface area contributed by atoms with Crippen molar-refractivity contribution in [3.05, 3.63) is 36.0 Å². The van der Waals surface area contributed by atoms with Crippen LogP contribution in [0.1, 0.15) is 5.56 Å². The molecule has 7 N–H and O–H groups in total. The molecule has 2 atom stereocenters. The summed E-state index contributed by atoms with van der Waals surface area (Å²) in [4.78, 5) is 50.3. The minimum absolute atomic E-state index is 0.110. The van der Waals surface area contributed by atoms with Gasteiger partial charge in [0.1, 0.15) is 12.1 Å². The second-order valence-corrected chi connectivity index (χ2v) is 6.61. The predicted molar refractivity (Wildman–Crippen MR) is 109 cm³/mol. The number of thiol groups is 1. The number of amides is 3. The molecule has 11 heteroatoms. The lowest BCUT2D eigenvalue weighted by molar-refractivity contribution is -0.141. The van der Waals surface area contributed by atoms with E-state index in [4.69, 9.17) is 10.8 Å². The molecule has 0 aliphatic rings. The molecule has 1 aromatic carbocycles. The van der Waals surface area contributed by atoms with Gasteiger partial charge in [0.2, 0.25) is 17.7 Å². The summed E-state index contributed by atoms with van der Waals surface area (Å²) in [6.45, 7) is -0.628. The van der Waals surface area contributed by atoms with E-state index in [0.717, 1.165) is 16.5 Å². The molecule has 1 aromatic heterocycles. The number of aromatic nitrogens is 1. The van der Waals surface area contributed by atoms with E-state index in [1.165, 1.54) is 0 Å². The Morgan fingerprint density at radius 2 is 1.83 bits per heavy atom. The molecular formula is C18H23N5O5S. The number of carbonyl (C=O) groups excluding carboxylic acids is 3. The number of H-pyrrole nitrogens is 1. The Balaban J connectivity index is 2.17. The maximum absolute atomic E-state index is 12.7. The molecule has 10 nitrogen and oxygen atoms in total. The lowest BCUT2D eigenvalue weighted by Gasteiger charge is -2.21. The van der Waals surface area contributed by atoms with Crippen LogP contribution in [0.25, 0.3) is 10.9 Å². The third-order valence-corrected chi connectivity index (χ3v) is 4.54. The Morgan fingerprint density at radius 1 is 1.10 bits per heavy atom. The van der Waals surface area contributed by atoms with Crippen LogP contribution in [0.15, 0.2) is 30.5 Å². The summed E-state index contributed by atoms with van der Waals surface area (Å²) in [7, 11) is 0. The number of carboxylic acid groups (broad SMARTS) is 1. The third kappa shape index (κ3) is 6.22. The highest BCUT2D eigenvalue weighted by Gasteiger charge is 2.27. The number of fused-ring (bicyclic) bond motifs is 1. The number of para-hydroxylation sites is 1. The molecule has 0 bridgehead atoms. The first-order valence-electron chi connectivity index (χ1n) is 8.80. The van der Waals surface area contributed by atoms with E-state index < -0.39 is 35.8 Å². The largest absolute Gasteiger partial charge is 0.480 e. The number of aromatic amines is 1. The van der Waals surface area contributed by atoms with Gasteiger partial charge in [-0.15, -0.1) is 0 Å². The van der Waals surface area contributed by atoms with E-state index in [0.29, 0.717) is 0 Å². The molecule has 0 fully saturated rings. The Bertz CT molecular complexity index is 900. The van der Waals surface area contributed by atoms with Gasteiger partial charge in [-0.05, 0) is 11.6 Å². The van der Waals surface area contributed by atoms with Crippen molar-refractivity contribution in [2.75, 3.05) is 18.8 Å². The highest BCUT2D eigenvalue weighted by molar-refractivity contribution is 7.80. The van der Waals surface area contributed by atoms with Gasteiger partial charge in [0.05, 0.1) is 13.1 Å². The highest BCUT2D eigenvalue weighted by Crippen LogP contribution is 2.19. The molecule has 3 amide bonds. The van der Waals surface area contributed by atoms with Gasteiger partial charge in [0.25, 0.3) is 0 Å². The fraction of sp³-hybridized carbons (Fsp3) is 0.333. The van der Waals surface area contributed by atoms with Crippen molar-refractivity contribution in [2.45, 2.75) is 18.5 Å². The topological polar surface area (TPSA) is 166 Å². The Morgan fingerprint density at radius 3 is 2.48 bits per heavy atom. The third-order valence-electron chi connectivity index (χ3n) is 4.18. The van der Waals surface area contributed by atoms with E-state index in [1.807, 2.05) is 24.3 Å². The number of rotatable bonds is 10. The lowest BCUT2D eigenvalue weighted by Crippen LogP contribution is -2.54. The molecule has 0 aliphatic heterocycles. The number of benzene rings is 1. The molecule has 29 heavy (non-hydrogen) atoms. The summed E-state index contributed by atoms with van der Waals surface area (Å²) in [6, 6.07) is 5.18. The first kappa shape index (κ1) is 22.2. The molecule has 2 aromatic rings. The van der Waals surface area contributed by atoms with Crippen LogP contribution in [0.3, 0.4) is 0 Å². The average molecular weight is 421 g/mol. The zero-order chi connectivity index (χ0) is 21.4. The fourth-order valence-electron chi connectivity index (χ4n) is 2.68. The second-order valence-electron chi connectivity index (χ2n) is 6.25. The van der Waals surface area contributed by atoms with Crippen LogP contribution in [0.2, 0.25) is 0 Å². The SMILES string of the molecule is NCC(=O)NCC(=O)NC(Cc1c[nH]c2ccccc12)C(=O)NC(CS)C(=O)O. The van der Waals surface area contributed by atoms with Gasteiger partial charge in [0.15, 0.2) is 0 Å². The molecule has 0 radical (unpaired) electrons. The van der Waals surface area contributed by atoms with E-state index in [2.05, 4.69) is 33.6 Å². The number of nitrogens with one attached hydrogen (secondary N) is 4. The quantitative estimate of drug-likeness (QED) is 0.237. The molecule has 0 spiro atoms. The van der Waals surface area contributed by atoms with Crippen molar-refractivity contribution in [3.63, 3.8) is 0 Å². The molecule has 2 rings (SSSR count). The van der Waals surface area contributed by atoms with E-state index in [9.17, 15) is 19.2 Å². The predicted octanol–water partition coefficient (Wildman–Crippen LogP) is -1.23. The number of hydrogen-bond donors (Lipinski definition) is 7. The zero-order valence-electron chi connectivity index (χ0n) is 15.5. The molecule has 0 aliphatic carbocycles. The molecule has 0 saturated carbocycles. The smallest absolute Gasteiger partial charge is 0.327 e. The van der Waals surface area contributed by atoms with Crippen LogP contribution in [0, 0.1) is 0 Å². The van der Waals surface area contributed by atoms with Gasteiger partial charge in [-0.2, -0.15) is 12.6 Å². The van der Waals surface area contributed by atoms with E-state index >= 15 is 0 Å². The van der Waals surface area contributed by atoms with E-state index in [-0.39, 0.29) is 25.3 Å². The number of nitrogens with two attached hydrogens (primary N) is 1. The van der Waals surface area contributed by atoms with Crippen LogP contribution in [-0.4, -0.2) is 64.7 Å². The van der Waals surface area contributed by atoms with Crippen molar-refractivity contribution < 1.29 is 24.3 Å². The lowest BCUT2D eigenvalue weighted by atomic mass is 10.0. The zero-order valence-corrected chi connectivity index (χ0v) is 16.4. The number of hydrogen-bond acceptors (Lipinski definition) is 6.